The Bertz CT molecular complexity index is 1570. The van der Waals surface area contributed by atoms with Crippen LogP contribution in [-0.2, 0) is 19.6 Å². The van der Waals surface area contributed by atoms with E-state index in [0.717, 1.165) is 6.07 Å². The molecule has 1 atom stereocenters. The molecule has 3 aromatic rings. The topological polar surface area (TPSA) is 171 Å². The molecule has 0 aromatic heterocycles. The predicted octanol–water partition coefficient (Wildman–Crippen LogP) is 3.46. The minimum absolute atomic E-state index is 0.0604. The van der Waals surface area contributed by atoms with Crippen molar-refractivity contribution in [1.82, 2.24) is 0 Å². The number of nitrogens with zero attached hydrogens (tertiary/aromatic N) is 1. The number of rotatable bonds is 8. The number of nitrogens with one attached hydrogen (secondary N) is 2. The van der Waals surface area contributed by atoms with E-state index in [1.807, 2.05) is 0 Å². The summed E-state index contributed by atoms with van der Waals surface area (Å²) in [7, 11) is -4.15. The van der Waals surface area contributed by atoms with E-state index in [0.29, 0.717) is 17.0 Å². The molecule has 0 spiro atoms. The van der Waals surface area contributed by atoms with Crippen LogP contribution in [0.5, 0.6) is 5.75 Å². The quantitative estimate of drug-likeness (QED) is 0.188. The monoisotopic (exact) mass is 539 g/mol. The Kier molecular flexibility index (Phi) is 7.12. The standard InChI is InChI=1S/C25H21N3O9S/c1-14-3-9-19(28(32)33)12-22(14)38(34,35)27-18-7-4-16(5-8-18)25(31)37-15(2)24(30)17-6-10-21-20(11-17)26-23(29)13-36-21/h3-12,15,27H,13H2,1-2H3,(H,26,29). The van der Waals surface area contributed by atoms with Crippen molar-refractivity contribution in [1.29, 1.82) is 0 Å². The minimum atomic E-state index is -4.15. The molecule has 3 aromatic carbocycles. The van der Waals surface area contributed by atoms with Crippen molar-refractivity contribution in [2.75, 3.05) is 16.6 Å². The van der Waals surface area contributed by atoms with E-state index in [1.54, 1.807) is 0 Å². The van der Waals surface area contributed by atoms with Gasteiger partial charge in [-0.25, -0.2) is 13.2 Å². The molecule has 38 heavy (non-hydrogen) atoms. The zero-order valence-corrected chi connectivity index (χ0v) is 20.9. The van der Waals surface area contributed by atoms with Crippen molar-refractivity contribution in [3.63, 3.8) is 0 Å². The van der Waals surface area contributed by atoms with E-state index in [9.17, 15) is 32.9 Å². The van der Waals surface area contributed by atoms with E-state index in [-0.39, 0.29) is 39.9 Å². The van der Waals surface area contributed by atoms with Crippen LogP contribution in [0.15, 0.2) is 65.6 Å². The number of ether oxygens (including phenoxy) is 2. The van der Waals surface area contributed by atoms with Crippen LogP contribution in [0.2, 0.25) is 0 Å². The fourth-order valence-corrected chi connectivity index (χ4v) is 4.95. The highest BCUT2D eigenvalue weighted by Crippen LogP contribution is 2.29. The summed E-state index contributed by atoms with van der Waals surface area (Å²) in [5.74, 6) is -1.25. The summed E-state index contributed by atoms with van der Waals surface area (Å²) in [6, 6.07) is 13.2. The van der Waals surface area contributed by atoms with Gasteiger partial charge < -0.3 is 14.8 Å². The normalized spacial score (nSPS) is 13.4. The van der Waals surface area contributed by atoms with Gasteiger partial charge in [-0.15, -0.1) is 0 Å². The number of nitro groups is 1. The number of carbonyl (C=O) groups is 3. The van der Waals surface area contributed by atoms with Crippen LogP contribution in [-0.4, -0.2) is 43.7 Å². The van der Waals surface area contributed by atoms with Crippen LogP contribution in [0.25, 0.3) is 0 Å². The lowest BCUT2D eigenvalue weighted by Gasteiger charge is -2.19. The van der Waals surface area contributed by atoms with Gasteiger partial charge in [0.25, 0.3) is 21.6 Å². The number of ketones is 1. The minimum Gasteiger partial charge on any atom is -0.482 e. The van der Waals surface area contributed by atoms with Crippen LogP contribution in [0.3, 0.4) is 0 Å². The van der Waals surface area contributed by atoms with Gasteiger partial charge in [-0.3, -0.25) is 24.4 Å². The molecule has 1 amide bonds. The molecule has 0 saturated heterocycles. The van der Waals surface area contributed by atoms with Crippen molar-refractivity contribution in [3.8, 4) is 5.75 Å². The number of hydrogen-bond donors (Lipinski definition) is 2. The van der Waals surface area contributed by atoms with Gasteiger partial charge in [0.1, 0.15) is 5.75 Å². The largest absolute Gasteiger partial charge is 0.482 e. The molecule has 1 aliphatic heterocycles. The molecule has 196 valence electrons. The maximum Gasteiger partial charge on any atom is 0.338 e. The van der Waals surface area contributed by atoms with Gasteiger partial charge in [0.05, 0.1) is 21.1 Å². The third-order valence-electron chi connectivity index (χ3n) is 5.59. The highest BCUT2D eigenvalue weighted by molar-refractivity contribution is 7.92. The van der Waals surface area contributed by atoms with Gasteiger partial charge in [0, 0.05) is 23.4 Å². The second-order valence-electron chi connectivity index (χ2n) is 8.35. The van der Waals surface area contributed by atoms with E-state index in [1.165, 1.54) is 68.4 Å². The fraction of sp³-hybridized carbons (Fsp3) is 0.160. The lowest BCUT2D eigenvalue weighted by molar-refractivity contribution is -0.385. The van der Waals surface area contributed by atoms with Crippen LogP contribution >= 0.6 is 0 Å². The van der Waals surface area contributed by atoms with Gasteiger partial charge in [-0.2, -0.15) is 0 Å². The van der Waals surface area contributed by atoms with Gasteiger partial charge in [-0.1, -0.05) is 6.07 Å². The number of anilines is 2. The zero-order chi connectivity index (χ0) is 27.6. The van der Waals surface area contributed by atoms with Crippen LogP contribution < -0.4 is 14.8 Å². The number of nitro benzene ring substituents is 1. The molecule has 4 rings (SSSR count). The Labute approximate surface area is 216 Å². The predicted molar refractivity (Wildman–Crippen MR) is 135 cm³/mol. The summed E-state index contributed by atoms with van der Waals surface area (Å²) in [6.07, 6.45) is -1.16. The molecular weight excluding hydrogens is 518 g/mol. The SMILES string of the molecule is Cc1ccc([N+](=O)[O-])cc1S(=O)(=O)Nc1ccc(C(=O)OC(C)C(=O)c2ccc3c(c2)NC(=O)CO3)cc1. The molecule has 0 bridgehead atoms. The van der Waals surface area contributed by atoms with Gasteiger partial charge in [0.15, 0.2) is 12.7 Å². The number of fused-ring (bicyclic) bond motifs is 1. The molecule has 1 unspecified atom stereocenters. The summed E-state index contributed by atoms with van der Waals surface area (Å²) in [5.41, 5.74) is 0.655. The number of non-ortho nitro benzene ring substituents is 1. The van der Waals surface area contributed by atoms with Crippen molar-refractivity contribution in [2.24, 2.45) is 0 Å². The van der Waals surface area contributed by atoms with Crippen molar-refractivity contribution < 1.29 is 37.2 Å². The lowest BCUT2D eigenvalue weighted by atomic mass is 10.1. The Morgan fingerprint density at radius 3 is 2.45 bits per heavy atom. The second kappa shape index (κ2) is 10.3. The Balaban J connectivity index is 1.43. The molecule has 2 N–H and O–H groups in total. The van der Waals surface area contributed by atoms with E-state index >= 15 is 0 Å². The number of hydrogen-bond acceptors (Lipinski definition) is 9. The fourth-order valence-electron chi connectivity index (χ4n) is 3.63. The van der Waals surface area contributed by atoms with Crippen LogP contribution in [0.1, 0.15) is 33.2 Å². The Hall–Kier alpha value is -4.78. The maximum atomic E-state index is 12.8. The smallest absolute Gasteiger partial charge is 0.338 e. The van der Waals surface area contributed by atoms with Crippen LogP contribution in [0.4, 0.5) is 17.1 Å². The van der Waals surface area contributed by atoms with Gasteiger partial charge in [-0.05, 0) is 61.9 Å². The maximum absolute atomic E-state index is 12.8. The van der Waals surface area contributed by atoms with Gasteiger partial charge in [0.2, 0.25) is 5.78 Å². The number of benzene rings is 3. The number of Topliss-reactive ketones (excluding diaryl/α,β-unsaturated/α-hetero) is 1. The number of carbonyl (C=O) groups excluding carboxylic acids is 3. The van der Waals surface area contributed by atoms with Crippen LogP contribution in [0, 0.1) is 17.0 Å². The molecule has 0 fully saturated rings. The highest BCUT2D eigenvalue weighted by atomic mass is 32.2. The molecule has 0 aliphatic carbocycles. The zero-order valence-electron chi connectivity index (χ0n) is 20.1. The number of amides is 1. The molecule has 0 saturated carbocycles. The van der Waals surface area contributed by atoms with Crippen molar-refractivity contribution in [2.45, 2.75) is 24.8 Å². The molecule has 0 radical (unpaired) electrons. The van der Waals surface area contributed by atoms with Gasteiger partial charge >= 0.3 is 5.97 Å². The van der Waals surface area contributed by atoms with Crippen molar-refractivity contribution >= 4 is 44.7 Å². The molecule has 12 nitrogen and oxygen atoms in total. The van der Waals surface area contributed by atoms with E-state index < -0.39 is 32.8 Å². The first-order valence-electron chi connectivity index (χ1n) is 11.1. The summed E-state index contributed by atoms with van der Waals surface area (Å²) in [6.45, 7) is 2.79. The Morgan fingerprint density at radius 2 is 1.76 bits per heavy atom. The highest BCUT2D eigenvalue weighted by Gasteiger charge is 2.24. The first-order chi connectivity index (χ1) is 17.9. The molecule has 1 aliphatic rings. The third kappa shape index (κ3) is 5.62. The number of sulfonamides is 1. The third-order valence-corrected chi connectivity index (χ3v) is 7.12. The summed E-state index contributed by atoms with van der Waals surface area (Å²) in [5, 5.41) is 13.6. The first kappa shape index (κ1) is 26.3. The average molecular weight is 540 g/mol. The molecule has 1 heterocycles. The van der Waals surface area contributed by atoms with Crippen molar-refractivity contribution in [3.05, 3.63) is 87.5 Å². The molecule has 13 heteroatoms. The number of aryl methyl sites for hydroxylation is 1. The molecular formula is C25H21N3O9S. The number of esters is 1. The summed E-state index contributed by atoms with van der Waals surface area (Å²) in [4.78, 5) is 46.9. The average Bonchev–Trinajstić information content (AvgIpc) is 2.87. The first-order valence-corrected chi connectivity index (χ1v) is 12.6. The van der Waals surface area contributed by atoms with E-state index in [4.69, 9.17) is 9.47 Å². The lowest BCUT2D eigenvalue weighted by Crippen LogP contribution is -2.27. The second-order valence-corrected chi connectivity index (χ2v) is 10.0. The Morgan fingerprint density at radius 1 is 1.08 bits per heavy atom. The van der Waals surface area contributed by atoms with E-state index in [2.05, 4.69) is 10.0 Å². The summed E-state index contributed by atoms with van der Waals surface area (Å²) >= 11 is 0. The summed E-state index contributed by atoms with van der Waals surface area (Å²) < 4.78 is 38.4.